The van der Waals surface area contributed by atoms with Crippen molar-refractivity contribution in [1.29, 1.82) is 0 Å². The molecule has 0 heterocycles. The van der Waals surface area contributed by atoms with E-state index in [1.54, 1.807) is 0 Å². The van der Waals surface area contributed by atoms with Crippen molar-refractivity contribution >= 4 is 10.1 Å². The fourth-order valence-corrected chi connectivity index (χ4v) is 4.82. The van der Waals surface area contributed by atoms with Gasteiger partial charge in [0.2, 0.25) is 0 Å². The molecule has 4 fully saturated rings. The second kappa shape index (κ2) is 3.08. The van der Waals surface area contributed by atoms with Crippen LogP contribution in [0.25, 0.3) is 0 Å². The van der Waals surface area contributed by atoms with E-state index in [-0.39, 0.29) is 0 Å². The summed E-state index contributed by atoms with van der Waals surface area (Å²) in [5, 5.41) is 1.14. The molecule has 0 aromatic carbocycles. The Morgan fingerprint density at radius 2 is 1.47 bits per heavy atom. The monoisotopic (exact) mass is 228 g/mol. The van der Waals surface area contributed by atoms with Gasteiger partial charge in [0.25, 0.3) is 10.1 Å². The first kappa shape index (κ1) is 9.85. The van der Waals surface area contributed by atoms with Crippen molar-refractivity contribution in [2.75, 3.05) is 0 Å². The first-order valence-corrected chi connectivity index (χ1v) is 7.20. The topological polar surface area (TPSA) is 54.4 Å². The Balaban J connectivity index is 1.96. The van der Waals surface area contributed by atoms with Crippen LogP contribution in [0.5, 0.6) is 0 Å². The van der Waals surface area contributed by atoms with Crippen LogP contribution in [0.2, 0.25) is 0 Å². The minimum absolute atomic E-state index is 0.447. The van der Waals surface area contributed by atoms with Crippen molar-refractivity contribution in [2.45, 2.75) is 32.1 Å². The summed E-state index contributed by atoms with van der Waals surface area (Å²) in [6.45, 7) is 0. The van der Waals surface area contributed by atoms with Crippen LogP contribution in [0.4, 0.5) is 0 Å². The zero-order valence-electron chi connectivity index (χ0n) is 8.59. The molecule has 0 saturated heterocycles. The van der Waals surface area contributed by atoms with Gasteiger partial charge in [0.1, 0.15) is 0 Å². The van der Waals surface area contributed by atoms with Crippen LogP contribution in [-0.2, 0) is 10.1 Å². The van der Waals surface area contributed by atoms with Crippen molar-refractivity contribution in [3.8, 4) is 0 Å². The molecule has 0 aliphatic heterocycles. The highest BCUT2D eigenvalue weighted by Gasteiger charge is 2.45. The number of hydrogen-bond acceptors (Lipinski definition) is 2. The Kier molecular flexibility index (Phi) is 2.02. The average molecular weight is 228 g/mol. The van der Waals surface area contributed by atoms with Crippen LogP contribution in [0.1, 0.15) is 32.1 Å². The molecule has 4 rings (SSSR count). The van der Waals surface area contributed by atoms with Gasteiger partial charge in [-0.05, 0) is 55.8 Å². The third kappa shape index (κ3) is 1.74. The zero-order valence-corrected chi connectivity index (χ0v) is 9.41. The van der Waals surface area contributed by atoms with E-state index in [1.807, 2.05) is 0 Å². The molecule has 4 bridgehead atoms. The van der Waals surface area contributed by atoms with Gasteiger partial charge in [0.05, 0.1) is 5.41 Å². The van der Waals surface area contributed by atoms with Crippen molar-refractivity contribution in [2.24, 2.45) is 23.7 Å². The van der Waals surface area contributed by atoms with Crippen molar-refractivity contribution in [3.63, 3.8) is 0 Å². The van der Waals surface area contributed by atoms with Crippen molar-refractivity contribution in [3.05, 3.63) is 11.0 Å². The van der Waals surface area contributed by atoms with E-state index < -0.39 is 10.1 Å². The molecule has 4 aliphatic carbocycles. The van der Waals surface area contributed by atoms with Gasteiger partial charge in [0, 0.05) is 0 Å². The van der Waals surface area contributed by atoms with Gasteiger partial charge >= 0.3 is 0 Å². The summed E-state index contributed by atoms with van der Waals surface area (Å²) in [6.07, 6.45) is 5.94. The SMILES string of the molecule is O=S(=O)(O)C=C1C2CC3CC(C2)CC1C3. The highest BCUT2D eigenvalue weighted by Crippen LogP contribution is 2.56. The maximum atomic E-state index is 10.9. The lowest BCUT2D eigenvalue weighted by Crippen LogP contribution is -2.40. The minimum atomic E-state index is -3.93. The maximum absolute atomic E-state index is 10.9. The Bertz CT molecular complexity index is 378. The lowest BCUT2D eigenvalue weighted by Gasteiger charge is -2.51. The molecule has 0 aromatic rings. The molecule has 84 valence electrons. The van der Waals surface area contributed by atoms with Gasteiger partial charge in [-0.15, -0.1) is 0 Å². The predicted octanol–water partition coefficient (Wildman–Crippen LogP) is 2.21. The van der Waals surface area contributed by atoms with E-state index in [2.05, 4.69) is 0 Å². The summed E-state index contributed by atoms with van der Waals surface area (Å²) < 4.78 is 30.7. The smallest absolute Gasteiger partial charge is 0.282 e. The molecule has 4 saturated carbocycles. The first-order chi connectivity index (χ1) is 7.01. The molecule has 4 heteroatoms. The van der Waals surface area contributed by atoms with Gasteiger partial charge in [-0.3, -0.25) is 4.55 Å². The molecule has 0 amide bonds. The lowest BCUT2D eigenvalue weighted by atomic mass is 9.54. The maximum Gasteiger partial charge on any atom is 0.287 e. The molecule has 0 atom stereocenters. The summed E-state index contributed by atoms with van der Waals surface area (Å²) >= 11 is 0. The summed E-state index contributed by atoms with van der Waals surface area (Å²) in [5.41, 5.74) is 1.02. The quantitative estimate of drug-likeness (QED) is 0.700. The second-order valence-electron chi connectivity index (χ2n) is 5.44. The Morgan fingerprint density at radius 3 is 1.87 bits per heavy atom. The van der Waals surface area contributed by atoms with Gasteiger partial charge in [-0.1, -0.05) is 5.57 Å². The molecule has 15 heavy (non-hydrogen) atoms. The summed E-state index contributed by atoms with van der Waals surface area (Å²) in [4.78, 5) is 0. The standard InChI is InChI=1S/C11H16O3S/c12-15(13,14)6-11-9-2-7-1-8(4-9)5-10(11)3-7/h6-10H,1-5H2,(H,12,13,14). The van der Waals surface area contributed by atoms with Crippen LogP contribution >= 0.6 is 0 Å². The van der Waals surface area contributed by atoms with Crippen LogP contribution in [0.15, 0.2) is 11.0 Å². The third-order valence-corrected chi connectivity index (χ3v) is 4.94. The van der Waals surface area contributed by atoms with E-state index in [4.69, 9.17) is 4.55 Å². The van der Waals surface area contributed by atoms with Gasteiger partial charge in [-0.2, -0.15) is 8.42 Å². The first-order valence-electron chi connectivity index (χ1n) is 5.70. The van der Waals surface area contributed by atoms with Gasteiger partial charge < -0.3 is 0 Å². The molecule has 0 spiro atoms. The second-order valence-corrected chi connectivity index (χ2v) is 6.70. The largest absolute Gasteiger partial charge is 0.287 e. The minimum Gasteiger partial charge on any atom is -0.282 e. The van der Waals surface area contributed by atoms with Crippen LogP contribution in [0, 0.1) is 23.7 Å². The third-order valence-electron chi connectivity index (χ3n) is 4.37. The van der Waals surface area contributed by atoms with E-state index >= 15 is 0 Å². The molecule has 0 aromatic heterocycles. The Hall–Kier alpha value is -0.350. The Labute approximate surface area is 90.3 Å². The molecule has 0 unspecified atom stereocenters. The van der Waals surface area contributed by atoms with E-state index in [0.717, 1.165) is 48.5 Å². The summed E-state index contributed by atoms with van der Waals surface area (Å²) in [7, 11) is -3.93. The predicted molar refractivity (Wildman–Crippen MR) is 56.7 cm³/mol. The van der Waals surface area contributed by atoms with E-state index in [9.17, 15) is 8.42 Å². The van der Waals surface area contributed by atoms with E-state index in [0.29, 0.717) is 11.8 Å². The van der Waals surface area contributed by atoms with Crippen LogP contribution in [0.3, 0.4) is 0 Å². The average Bonchev–Trinajstić information content (AvgIpc) is 2.08. The Morgan fingerprint density at radius 1 is 1.00 bits per heavy atom. The van der Waals surface area contributed by atoms with Gasteiger partial charge in [0.15, 0.2) is 0 Å². The van der Waals surface area contributed by atoms with Crippen molar-refractivity contribution in [1.82, 2.24) is 0 Å². The molecule has 4 aliphatic rings. The zero-order chi connectivity index (χ0) is 10.6. The fourth-order valence-electron chi connectivity index (χ4n) is 4.09. The molecule has 3 nitrogen and oxygen atoms in total. The van der Waals surface area contributed by atoms with E-state index in [1.165, 1.54) is 6.42 Å². The molecular formula is C11H16O3S. The summed E-state index contributed by atoms with van der Waals surface area (Å²) in [6, 6.07) is 0. The molecular weight excluding hydrogens is 212 g/mol. The number of rotatable bonds is 1. The number of allylic oxidation sites excluding steroid dienone is 1. The highest BCUT2D eigenvalue weighted by molar-refractivity contribution is 7.88. The van der Waals surface area contributed by atoms with Crippen LogP contribution in [-0.4, -0.2) is 13.0 Å². The fraction of sp³-hybridized carbons (Fsp3) is 0.818. The molecule has 1 N–H and O–H groups in total. The molecule has 0 radical (unpaired) electrons. The van der Waals surface area contributed by atoms with Crippen LogP contribution < -0.4 is 0 Å². The van der Waals surface area contributed by atoms with Gasteiger partial charge in [-0.25, -0.2) is 0 Å². The highest BCUT2D eigenvalue weighted by atomic mass is 32.2. The normalized spacial score (nSPS) is 43.4. The number of hydrogen-bond donors (Lipinski definition) is 1. The lowest BCUT2D eigenvalue weighted by molar-refractivity contribution is 0.0699. The van der Waals surface area contributed by atoms with Crippen molar-refractivity contribution < 1.29 is 13.0 Å². The summed E-state index contributed by atoms with van der Waals surface area (Å²) in [5.74, 6) is 2.54.